The van der Waals surface area contributed by atoms with Gasteiger partial charge in [-0.1, -0.05) is 30.3 Å². The molecule has 25 heavy (non-hydrogen) atoms. The van der Waals surface area contributed by atoms with Crippen molar-refractivity contribution in [2.75, 3.05) is 25.0 Å². The van der Waals surface area contributed by atoms with E-state index in [1.165, 1.54) is 32.5 Å². The van der Waals surface area contributed by atoms with Gasteiger partial charge in [-0.25, -0.2) is 0 Å². The van der Waals surface area contributed by atoms with Crippen LogP contribution in [0.1, 0.15) is 19.3 Å². The normalized spacial score (nSPS) is 30.2. The molecule has 0 unspecified atom stereocenters. The molecule has 0 aliphatic carbocycles. The molecule has 3 saturated heterocycles. The molecule has 4 nitrogen and oxygen atoms in total. The van der Waals surface area contributed by atoms with Crippen molar-refractivity contribution in [3.05, 3.63) is 60.6 Å². The van der Waals surface area contributed by atoms with Crippen LogP contribution in [0.5, 0.6) is 0 Å². The Morgan fingerprint density at radius 1 is 1.12 bits per heavy atom. The van der Waals surface area contributed by atoms with Crippen LogP contribution in [-0.4, -0.2) is 35.1 Å². The molecule has 2 bridgehead atoms. The first-order chi connectivity index (χ1) is 12.3. The molecule has 6 rings (SSSR count). The average Bonchev–Trinajstić information content (AvgIpc) is 3.05. The number of benzene rings is 1. The van der Waals surface area contributed by atoms with E-state index in [9.17, 15) is 0 Å². The van der Waals surface area contributed by atoms with Crippen LogP contribution in [0.25, 0.3) is 11.3 Å². The maximum absolute atomic E-state index is 4.51. The summed E-state index contributed by atoms with van der Waals surface area (Å²) in [5.74, 6) is 1.96. The van der Waals surface area contributed by atoms with Crippen LogP contribution in [0.2, 0.25) is 0 Å². The predicted octanol–water partition coefficient (Wildman–Crippen LogP) is 3.46. The summed E-state index contributed by atoms with van der Waals surface area (Å²) in [5.41, 5.74) is 3.50. The number of nitrogens with zero attached hydrogens (tertiary/aromatic N) is 2. The van der Waals surface area contributed by atoms with Gasteiger partial charge in [0.2, 0.25) is 0 Å². The topological polar surface area (TPSA) is 40.2 Å². The Morgan fingerprint density at radius 2 is 1.96 bits per heavy atom. The van der Waals surface area contributed by atoms with E-state index in [-0.39, 0.29) is 5.54 Å². The van der Waals surface area contributed by atoms with Crippen LogP contribution in [0.4, 0.5) is 5.69 Å². The van der Waals surface area contributed by atoms with Gasteiger partial charge in [-0.15, -0.1) is 0 Å². The van der Waals surface area contributed by atoms with E-state index in [0.29, 0.717) is 0 Å². The van der Waals surface area contributed by atoms with Crippen molar-refractivity contribution in [2.24, 2.45) is 5.92 Å². The first-order valence-electron chi connectivity index (χ1n) is 9.30. The molecule has 1 atom stereocenters. The Morgan fingerprint density at radius 3 is 2.72 bits per heavy atom. The lowest BCUT2D eigenvalue weighted by molar-refractivity contribution is 0.0189. The maximum Gasteiger partial charge on any atom is 0.0995 e. The molecule has 0 amide bonds. The Bertz CT molecular complexity index is 793. The smallest absolute Gasteiger partial charge is 0.0995 e. The second-order valence-corrected chi connectivity index (χ2v) is 7.57. The number of hydrogen-bond acceptors (Lipinski definition) is 4. The molecule has 4 aliphatic rings. The van der Waals surface area contributed by atoms with Crippen molar-refractivity contribution in [3.8, 4) is 11.3 Å². The zero-order valence-corrected chi connectivity index (χ0v) is 14.4. The van der Waals surface area contributed by atoms with Gasteiger partial charge in [-0.05, 0) is 56.5 Å². The lowest BCUT2D eigenvalue weighted by Crippen LogP contribution is -2.64. The number of hydrogen-bond donors (Lipinski definition) is 2. The highest BCUT2D eigenvalue weighted by atomic mass is 15.3. The zero-order valence-electron chi connectivity index (χ0n) is 14.4. The third-order valence-corrected chi connectivity index (χ3v) is 6.04. The molecule has 2 N–H and O–H groups in total. The van der Waals surface area contributed by atoms with Crippen LogP contribution in [0.15, 0.2) is 60.6 Å². The fraction of sp³-hybridized carbons (Fsp3) is 0.381. The Labute approximate surface area is 149 Å². The zero-order chi connectivity index (χ0) is 16.7. The summed E-state index contributed by atoms with van der Waals surface area (Å²) in [5, 5.41) is 7.41. The van der Waals surface area contributed by atoms with Gasteiger partial charge >= 0.3 is 0 Å². The van der Waals surface area contributed by atoms with Gasteiger partial charge in [0, 0.05) is 24.0 Å². The van der Waals surface area contributed by atoms with Gasteiger partial charge in [0.1, 0.15) is 0 Å². The van der Waals surface area contributed by atoms with Crippen LogP contribution >= 0.6 is 0 Å². The minimum Gasteiger partial charge on any atom is -0.365 e. The molecule has 0 radical (unpaired) electrons. The van der Waals surface area contributed by atoms with Gasteiger partial charge in [-0.3, -0.25) is 4.98 Å². The van der Waals surface area contributed by atoms with Gasteiger partial charge in [-0.2, -0.15) is 0 Å². The molecule has 1 aromatic carbocycles. The van der Waals surface area contributed by atoms with Gasteiger partial charge in [0.15, 0.2) is 0 Å². The highest BCUT2D eigenvalue weighted by Crippen LogP contribution is 2.41. The second-order valence-electron chi connectivity index (χ2n) is 7.57. The Balaban J connectivity index is 1.32. The van der Waals surface area contributed by atoms with Crippen molar-refractivity contribution in [1.29, 1.82) is 0 Å². The fourth-order valence-electron chi connectivity index (χ4n) is 4.71. The number of fused-ring (bicyclic) bond motifs is 2. The summed E-state index contributed by atoms with van der Waals surface area (Å²) in [6, 6.07) is 14.5. The minimum atomic E-state index is 0.258. The van der Waals surface area contributed by atoms with Crippen LogP contribution in [0.3, 0.4) is 0 Å². The summed E-state index contributed by atoms with van der Waals surface area (Å²) in [4.78, 5) is 7.13. The van der Waals surface area contributed by atoms with Crippen molar-refractivity contribution in [1.82, 2.24) is 15.2 Å². The molecular formula is C21H24N4. The SMILES string of the molecule is C1=C(Nc2ccnc(-c3ccccc3)c2)N[C@@]2(C1)CN1CCC2CC1. The Kier molecular flexibility index (Phi) is 3.52. The van der Waals surface area contributed by atoms with Gasteiger partial charge < -0.3 is 15.5 Å². The molecule has 4 aliphatic heterocycles. The monoisotopic (exact) mass is 332 g/mol. The summed E-state index contributed by atoms with van der Waals surface area (Å²) < 4.78 is 0. The highest BCUT2D eigenvalue weighted by Gasteiger charge is 2.48. The van der Waals surface area contributed by atoms with Crippen LogP contribution in [-0.2, 0) is 0 Å². The summed E-state index contributed by atoms with van der Waals surface area (Å²) in [7, 11) is 0. The van der Waals surface area contributed by atoms with E-state index < -0.39 is 0 Å². The summed E-state index contributed by atoms with van der Waals surface area (Å²) in [6.07, 6.45) is 8.02. The quantitative estimate of drug-likeness (QED) is 0.903. The molecule has 128 valence electrons. The lowest BCUT2D eigenvalue weighted by atomic mass is 9.72. The molecule has 1 aromatic heterocycles. The van der Waals surface area contributed by atoms with Crippen LogP contribution < -0.4 is 10.6 Å². The molecule has 3 fully saturated rings. The molecular weight excluding hydrogens is 308 g/mol. The Hall–Kier alpha value is -2.33. The molecule has 0 saturated carbocycles. The minimum absolute atomic E-state index is 0.258. The number of nitrogens with one attached hydrogen (secondary N) is 2. The number of anilines is 1. The van der Waals surface area contributed by atoms with E-state index in [0.717, 1.165) is 35.1 Å². The second kappa shape index (κ2) is 5.88. The van der Waals surface area contributed by atoms with Crippen molar-refractivity contribution >= 4 is 5.69 Å². The number of piperidine rings is 3. The maximum atomic E-state index is 4.51. The largest absolute Gasteiger partial charge is 0.365 e. The number of pyridine rings is 1. The van der Waals surface area contributed by atoms with Crippen LogP contribution in [0, 0.1) is 5.92 Å². The molecule has 1 spiro atoms. The third kappa shape index (κ3) is 2.71. The summed E-state index contributed by atoms with van der Waals surface area (Å²) >= 11 is 0. The molecule has 2 aromatic rings. The number of rotatable bonds is 3. The van der Waals surface area contributed by atoms with Crippen molar-refractivity contribution < 1.29 is 0 Å². The first kappa shape index (κ1) is 15.0. The average molecular weight is 332 g/mol. The standard InChI is InChI=1S/C21H24N4/c1-2-4-16(5-3-1)19-14-18(7-11-22-19)23-20-6-10-21(24-20)15-25-12-8-17(21)9-13-25/h1-7,11,14,17,24H,8-10,12-13,15H2,(H,22,23)/t21-/m0/s1. The van der Waals surface area contributed by atoms with E-state index >= 15 is 0 Å². The fourth-order valence-corrected chi connectivity index (χ4v) is 4.71. The predicted molar refractivity (Wildman–Crippen MR) is 101 cm³/mol. The van der Waals surface area contributed by atoms with E-state index in [1.807, 2.05) is 18.3 Å². The highest BCUT2D eigenvalue weighted by molar-refractivity contribution is 5.64. The third-order valence-electron chi connectivity index (χ3n) is 6.04. The lowest BCUT2D eigenvalue weighted by Gasteiger charge is -2.52. The summed E-state index contributed by atoms with van der Waals surface area (Å²) in [6.45, 7) is 3.74. The molecule has 5 heterocycles. The van der Waals surface area contributed by atoms with Crippen molar-refractivity contribution in [2.45, 2.75) is 24.8 Å². The number of aromatic nitrogens is 1. The van der Waals surface area contributed by atoms with Gasteiger partial charge in [0.05, 0.1) is 17.1 Å². The molecule has 4 heteroatoms. The van der Waals surface area contributed by atoms with E-state index in [2.05, 4.69) is 56.9 Å². The van der Waals surface area contributed by atoms with E-state index in [1.54, 1.807) is 0 Å². The first-order valence-corrected chi connectivity index (χ1v) is 9.30. The van der Waals surface area contributed by atoms with Crippen molar-refractivity contribution in [3.63, 3.8) is 0 Å². The van der Waals surface area contributed by atoms with E-state index in [4.69, 9.17) is 0 Å². The van der Waals surface area contributed by atoms with Gasteiger partial charge in [0.25, 0.3) is 0 Å².